The summed E-state index contributed by atoms with van der Waals surface area (Å²) in [5.74, 6) is 7.77. The van der Waals surface area contributed by atoms with Crippen LogP contribution < -0.4 is 25.5 Å². The van der Waals surface area contributed by atoms with E-state index in [1.807, 2.05) is 19.2 Å². The lowest BCUT2D eigenvalue weighted by molar-refractivity contribution is 0.389. The Morgan fingerprint density at radius 3 is 2.19 bits per heavy atom. The molecule has 114 valence electrons. The zero-order valence-corrected chi connectivity index (χ0v) is 12.6. The standard InChI is InChI=1S/C14H20N4O3/c1-18-14(12(21-4)8-16-18)13(17-15)9-5-10(19-2)7-11(6-9)20-3/h5-8,13,17H,15H2,1-4H3. The summed E-state index contributed by atoms with van der Waals surface area (Å²) in [4.78, 5) is 0. The molecule has 0 aliphatic carbocycles. The van der Waals surface area contributed by atoms with Gasteiger partial charge in [-0.2, -0.15) is 5.10 Å². The van der Waals surface area contributed by atoms with E-state index in [0.717, 1.165) is 11.3 Å². The van der Waals surface area contributed by atoms with E-state index in [1.54, 1.807) is 38.3 Å². The maximum Gasteiger partial charge on any atom is 0.161 e. The number of benzene rings is 1. The molecule has 2 aromatic rings. The molecule has 1 aromatic carbocycles. The van der Waals surface area contributed by atoms with Gasteiger partial charge in [0.15, 0.2) is 5.75 Å². The van der Waals surface area contributed by atoms with Gasteiger partial charge in [-0.3, -0.25) is 10.5 Å². The minimum absolute atomic E-state index is 0.309. The number of nitrogens with two attached hydrogens (primary N) is 1. The summed E-state index contributed by atoms with van der Waals surface area (Å²) in [6, 6.07) is 5.27. The van der Waals surface area contributed by atoms with E-state index in [1.165, 1.54) is 0 Å². The van der Waals surface area contributed by atoms with Gasteiger partial charge in [-0.15, -0.1) is 0 Å². The molecule has 1 unspecified atom stereocenters. The zero-order chi connectivity index (χ0) is 15.4. The molecular formula is C14H20N4O3. The molecule has 7 nitrogen and oxygen atoms in total. The molecule has 1 atom stereocenters. The Balaban J connectivity index is 2.53. The number of ether oxygens (including phenoxy) is 3. The Labute approximate surface area is 123 Å². The highest BCUT2D eigenvalue weighted by molar-refractivity contribution is 5.44. The maximum atomic E-state index is 5.74. The molecule has 21 heavy (non-hydrogen) atoms. The van der Waals surface area contributed by atoms with Gasteiger partial charge in [0.1, 0.15) is 17.2 Å². The summed E-state index contributed by atoms with van der Waals surface area (Å²) in [7, 11) is 6.64. The zero-order valence-electron chi connectivity index (χ0n) is 12.6. The van der Waals surface area contributed by atoms with Gasteiger partial charge in [0, 0.05) is 13.1 Å². The normalized spacial score (nSPS) is 12.0. The lowest BCUT2D eigenvalue weighted by Gasteiger charge is -2.19. The van der Waals surface area contributed by atoms with Gasteiger partial charge >= 0.3 is 0 Å². The van der Waals surface area contributed by atoms with Crippen molar-refractivity contribution in [3.05, 3.63) is 35.7 Å². The summed E-state index contributed by atoms with van der Waals surface area (Å²) >= 11 is 0. The Hall–Kier alpha value is -2.25. The number of hydrazine groups is 1. The number of methoxy groups -OCH3 is 3. The van der Waals surface area contributed by atoms with Crippen LogP contribution in [-0.2, 0) is 7.05 Å². The average molecular weight is 292 g/mol. The predicted molar refractivity (Wildman–Crippen MR) is 78.5 cm³/mol. The Morgan fingerprint density at radius 1 is 1.10 bits per heavy atom. The third kappa shape index (κ3) is 2.93. The highest BCUT2D eigenvalue weighted by Gasteiger charge is 2.22. The van der Waals surface area contributed by atoms with Crippen LogP contribution in [0.15, 0.2) is 24.4 Å². The van der Waals surface area contributed by atoms with Crippen LogP contribution in [0.4, 0.5) is 0 Å². The van der Waals surface area contributed by atoms with Gasteiger partial charge in [0.05, 0.1) is 33.6 Å². The van der Waals surface area contributed by atoms with Crippen LogP contribution in [0.1, 0.15) is 17.3 Å². The van der Waals surface area contributed by atoms with Gasteiger partial charge in [-0.05, 0) is 17.7 Å². The minimum Gasteiger partial charge on any atom is -0.497 e. The number of hydrogen-bond acceptors (Lipinski definition) is 6. The van der Waals surface area contributed by atoms with E-state index < -0.39 is 0 Å². The first kappa shape index (κ1) is 15.1. The smallest absolute Gasteiger partial charge is 0.161 e. The molecule has 0 saturated heterocycles. The lowest BCUT2D eigenvalue weighted by atomic mass is 10.0. The van der Waals surface area contributed by atoms with Crippen LogP contribution in [0.3, 0.4) is 0 Å². The quantitative estimate of drug-likeness (QED) is 0.610. The molecule has 0 fully saturated rings. The molecule has 1 aromatic heterocycles. The Kier molecular flexibility index (Phi) is 4.66. The second-order valence-corrected chi connectivity index (χ2v) is 4.47. The Bertz CT molecular complexity index is 590. The van der Waals surface area contributed by atoms with Gasteiger partial charge in [0.2, 0.25) is 0 Å². The molecule has 3 N–H and O–H groups in total. The minimum atomic E-state index is -0.309. The summed E-state index contributed by atoms with van der Waals surface area (Å²) in [5.41, 5.74) is 4.49. The molecule has 2 rings (SSSR count). The molecule has 0 saturated carbocycles. The van der Waals surface area contributed by atoms with E-state index in [2.05, 4.69) is 10.5 Å². The number of nitrogens with one attached hydrogen (secondary N) is 1. The van der Waals surface area contributed by atoms with E-state index in [9.17, 15) is 0 Å². The van der Waals surface area contributed by atoms with Crippen LogP contribution in [0.5, 0.6) is 17.2 Å². The highest BCUT2D eigenvalue weighted by atomic mass is 16.5. The first-order chi connectivity index (χ1) is 10.1. The number of aryl methyl sites for hydroxylation is 1. The van der Waals surface area contributed by atoms with Crippen LogP contribution in [0.2, 0.25) is 0 Å². The van der Waals surface area contributed by atoms with Crippen molar-refractivity contribution in [2.75, 3.05) is 21.3 Å². The van der Waals surface area contributed by atoms with E-state index in [-0.39, 0.29) is 6.04 Å². The summed E-state index contributed by atoms with van der Waals surface area (Å²) in [5, 5.41) is 4.20. The van der Waals surface area contributed by atoms with Crippen molar-refractivity contribution in [2.45, 2.75) is 6.04 Å². The van der Waals surface area contributed by atoms with Gasteiger partial charge in [-0.25, -0.2) is 5.43 Å². The van der Waals surface area contributed by atoms with E-state index >= 15 is 0 Å². The lowest BCUT2D eigenvalue weighted by Crippen LogP contribution is -2.30. The predicted octanol–water partition coefficient (Wildman–Crippen LogP) is 0.999. The average Bonchev–Trinajstić information content (AvgIpc) is 2.89. The largest absolute Gasteiger partial charge is 0.497 e. The molecule has 0 aliphatic rings. The molecule has 0 radical (unpaired) electrons. The van der Waals surface area contributed by atoms with Crippen molar-refractivity contribution in [2.24, 2.45) is 12.9 Å². The molecule has 1 heterocycles. The van der Waals surface area contributed by atoms with Crippen molar-refractivity contribution in [3.8, 4) is 17.2 Å². The maximum absolute atomic E-state index is 5.74. The van der Waals surface area contributed by atoms with Crippen molar-refractivity contribution >= 4 is 0 Å². The van der Waals surface area contributed by atoms with E-state index in [0.29, 0.717) is 17.2 Å². The number of rotatable bonds is 6. The fourth-order valence-electron chi connectivity index (χ4n) is 2.24. The van der Waals surface area contributed by atoms with Crippen molar-refractivity contribution in [1.82, 2.24) is 15.2 Å². The third-order valence-electron chi connectivity index (χ3n) is 3.32. The number of nitrogens with zero attached hydrogens (tertiary/aromatic N) is 2. The monoisotopic (exact) mass is 292 g/mol. The van der Waals surface area contributed by atoms with Crippen LogP contribution in [0.25, 0.3) is 0 Å². The van der Waals surface area contributed by atoms with Gasteiger partial charge < -0.3 is 14.2 Å². The highest BCUT2D eigenvalue weighted by Crippen LogP contribution is 2.33. The third-order valence-corrected chi connectivity index (χ3v) is 3.32. The first-order valence-electron chi connectivity index (χ1n) is 6.39. The summed E-state index contributed by atoms with van der Waals surface area (Å²) < 4.78 is 17.6. The second kappa shape index (κ2) is 6.47. The Morgan fingerprint density at radius 2 is 1.71 bits per heavy atom. The molecule has 0 aliphatic heterocycles. The molecule has 0 amide bonds. The van der Waals surface area contributed by atoms with Crippen LogP contribution >= 0.6 is 0 Å². The number of hydrogen-bond donors (Lipinski definition) is 2. The van der Waals surface area contributed by atoms with Crippen molar-refractivity contribution in [3.63, 3.8) is 0 Å². The van der Waals surface area contributed by atoms with Crippen LogP contribution in [0, 0.1) is 0 Å². The van der Waals surface area contributed by atoms with Gasteiger partial charge in [0.25, 0.3) is 0 Å². The molecule has 0 bridgehead atoms. The first-order valence-corrected chi connectivity index (χ1v) is 6.39. The topological polar surface area (TPSA) is 83.6 Å². The van der Waals surface area contributed by atoms with Crippen LogP contribution in [-0.4, -0.2) is 31.1 Å². The molecular weight excluding hydrogens is 272 g/mol. The summed E-state index contributed by atoms with van der Waals surface area (Å²) in [6.07, 6.45) is 1.65. The molecule has 7 heteroatoms. The second-order valence-electron chi connectivity index (χ2n) is 4.47. The van der Waals surface area contributed by atoms with Gasteiger partial charge in [-0.1, -0.05) is 0 Å². The molecule has 0 spiro atoms. The number of aromatic nitrogens is 2. The fourth-order valence-corrected chi connectivity index (χ4v) is 2.24. The SMILES string of the molecule is COc1cc(OC)cc(C(NN)c2c(OC)cnn2C)c1. The van der Waals surface area contributed by atoms with Crippen molar-refractivity contribution < 1.29 is 14.2 Å². The van der Waals surface area contributed by atoms with E-state index in [4.69, 9.17) is 20.1 Å². The van der Waals surface area contributed by atoms with Crippen molar-refractivity contribution in [1.29, 1.82) is 0 Å². The fraction of sp³-hybridized carbons (Fsp3) is 0.357. The summed E-state index contributed by atoms with van der Waals surface area (Å²) in [6.45, 7) is 0.